The molecule has 0 saturated heterocycles. The largest absolute Gasteiger partial charge is 0.478 e. The van der Waals surface area contributed by atoms with Crippen molar-refractivity contribution in [1.29, 1.82) is 0 Å². The van der Waals surface area contributed by atoms with Crippen LogP contribution < -0.4 is 5.90 Å². The van der Waals surface area contributed by atoms with Crippen LogP contribution in [0.3, 0.4) is 0 Å². The molecule has 0 atom stereocenters. The van der Waals surface area contributed by atoms with Gasteiger partial charge in [-0.1, -0.05) is 13.8 Å². The highest BCUT2D eigenvalue weighted by atomic mass is 16.7. The van der Waals surface area contributed by atoms with Gasteiger partial charge in [0.05, 0.1) is 11.1 Å². The summed E-state index contributed by atoms with van der Waals surface area (Å²) in [5.41, 5.74) is -0.111. The van der Waals surface area contributed by atoms with E-state index in [-0.39, 0.29) is 22.6 Å². The van der Waals surface area contributed by atoms with Gasteiger partial charge in [0.1, 0.15) is 0 Å². The smallest absolute Gasteiger partial charge is 0.356 e. The molecular weight excluding hydrogens is 288 g/mol. The highest BCUT2D eigenvalue weighted by molar-refractivity contribution is 6.01. The van der Waals surface area contributed by atoms with Crippen LogP contribution in [0.4, 0.5) is 0 Å². The van der Waals surface area contributed by atoms with E-state index in [1.807, 2.05) is 13.8 Å². The van der Waals surface area contributed by atoms with Crippen LogP contribution in [0.5, 0.6) is 0 Å². The van der Waals surface area contributed by atoms with E-state index in [1.165, 1.54) is 12.1 Å². The summed E-state index contributed by atoms with van der Waals surface area (Å²) in [5.74, 6) is 2.37. The Morgan fingerprint density at radius 3 is 2.00 bits per heavy atom. The second-order valence-corrected chi connectivity index (χ2v) is 4.80. The van der Waals surface area contributed by atoms with E-state index in [1.54, 1.807) is 4.90 Å². The number of rotatable bonds is 7. The zero-order valence-corrected chi connectivity index (χ0v) is 12.7. The van der Waals surface area contributed by atoms with Gasteiger partial charge in [-0.05, 0) is 31.0 Å². The van der Waals surface area contributed by atoms with Crippen LogP contribution in [0.25, 0.3) is 0 Å². The molecule has 0 bridgehead atoms. The minimum atomic E-state index is -1.24. The predicted octanol–water partition coefficient (Wildman–Crippen LogP) is 1.68. The summed E-state index contributed by atoms with van der Waals surface area (Å²) in [6.07, 6.45) is 1.56. The van der Waals surface area contributed by atoms with Crippen molar-refractivity contribution in [3.63, 3.8) is 0 Å². The predicted molar refractivity (Wildman–Crippen MR) is 79.5 cm³/mol. The number of benzene rings is 1. The first kappa shape index (κ1) is 17.6. The molecule has 7 nitrogen and oxygen atoms in total. The molecule has 0 aromatic heterocycles. The lowest BCUT2D eigenvalue weighted by Gasteiger charge is -2.21. The van der Waals surface area contributed by atoms with Crippen molar-refractivity contribution in [2.24, 2.45) is 5.90 Å². The number of hydrogen-bond acceptors (Lipinski definition) is 5. The van der Waals surface area contributed by atoms with E-state index in [4.69, 9.17) is 11.0 Å². The molecule has 3 N–H and O–H groups in total. The van der Waals surface area contributed by atoms with Crippen LogP contribution in [0.2, 0.25) is 0 Å². The van der Waals surface area contributed by atoms with Crippen LogP contribution >= 0.6 is 0 Å². The Hall–Kier alpha value is -2.41. The summed E-state index contributed by atoms with van der Waals surface area (Å²) in [5, 5.41) is 9.11. The molecule has 7 heteroatoms. The van der Waals surface area contributed by atoms with Crippen LogP contribution in [-0.4, -0.2) is 40.9 Å². The lowest BCUT2D eigenvalue weighted by Crippen LogP contribution is -2.32. The fourth-order valence-corrected chi connectivity index (χ4v) is 2.10. The second-order valence-electron chi connectivity index (χ2n) is 4.80. The van der Waals surface area contributed by atoms with E-state index < -0.39 is 11.9 Å². The third kappa shape index (κ3) is 4.29. The molecule has 120 valence electrons. The second kappa shape index (κ2) is 8.14. The van der Waals surface area contributed by atoms with Crippen LogP contribution in [0.15, 0.2) is 18.2 Å². The fraction of sp³-hybridized carbons (Fsp3) is 0.400. The molecule has 0 aliphatic heterocycles. The quantitative estimate of drug-likeness (QED) is 0.741. The molecule has 1 aromatic rings. The Morgan fingerprint density at radius 2 is 1.55 bits per heavy atom. The standard InChI is InChI=1S/C15H20N2O5/c1-3-5-17(6-4-2)13(18)10-7-11(14(19)20)9-12(8-10)15(21)22-16/h7-9H,3-6,16H2,1-2H3,(H,19,20). The zero-order chi connectivity index (χ0) is 16.7. The highest BCUT2D eigenvalue weighted by Gasteiger charge is 2.20. The van der Waals surface area contributed by atoms with Crippen molar-refractivity contribution >= 4 is 17.8 Å². The molecule has 0 unspecified atom stereocenters. The SMILES string of the molecule is CCCN(CCC)C(=O)c1cc(C(=O)O)cc(C(=O)ON)c1. The number of amides is 1. The monoisotopic (exact) mass is 308 g/mol. The first-order valence-electron chi connectivity index (χ1n) is 7.03. The molecule has 0 aliphatic carbocycles. The maximum Gasteiger partial charge on any atom is 0.356 e. The molecule has 0 fully saturated rings. The van der Waals surface area contributed by atoms with Gasteiger partial charge in [-0.3, -0.25) is 4.79 Å². The van der Waals surface area contributed by atoms with Gasteiger partial charge in [-0.25, -0.2) is 9.59 Å². The Morgan fingerprint density at radius 1 is 1.05 bits per heavy atom. The van der Waals surface area contributed by atoms with Gasteiger partial charge in [0.15, 0.2) is 0 Å². The average molecular weight is 308 g/mol. The minimum absolute atomic E-state index is 0.0707. The number of carboxylic acid groups (broad SMARTS) is 1. The Balaban J connectivity index is 3.26. The molecule has 0 heterocycles. The first-order valence-corrected chi connectivity index (χ1v) is 7.03. The van der Waals surface area contributed by atoms with E-state index in [0.29, 0.717) is 13.1 Å². The summed E-state index contributed by atoms with van der Waals surface area (Å²) in [4.78, 5) is 40.9. The summed E-state index contributed by atoms with van der Waals surface area (Å²) >= 11 is 0. The number of carbonyl (C=O) groups is 3. The molecule has 0 saturated carbocycles. The van der Waals surface area contributed by atoms with Crippen molar-refractivity contribution in [2.75, 3.05) is 13.1 Å². The van der Waals surface area contributed by atoms with Gasteiger partial charge in [-0.15, -0.1) is 0 Å². The van der Waals surface area contributed by atoms with Crippen LogP contribution in [-0.2, 0) is 4.84 Å². The van der Waals surface area contributed by atoms with Gasteiger partial charge in [0.25, 0.3) is 5.91 Å². The first-order chi connectivity index (χ1) is 10.4. The molecule has 0 radical (unpaired) electrons. The van der Waals surface area contributed by atoms with Crippen molar-refractivity contribution in [3.8, 4) is 0 Å². The fourth-order valence-electron chi connectivity index (χ4n) is 2.10. The third-order valence-corrected chi connectivity index (χ3v) is 3.04. The number of nitrogens with zero attached hydrogens (tertiary/aromatic N) is 1. The van der Waals surface area contributed by atoms with Gasteiger partial charge >= 0.3 is 11.9 Å². The molecule has 1 rings (SSSR count). The lowest BCUT2D eigenvalue weighted by molar-refractivity contribution is 0.0503. The van der Waals surface area contributed by atoms with Crippen molar-refractivity contribution in [2.45, 2.75) is 26.7 Å². The molecule has 0 spiro atoms. The number of hydrogen-bond donors (Lipinski definition) is 2. The maximum absolute atomic E-state index is 12.5. The van der Waals surface area contributed by atoms with E-state index >= 15 is 0 Å². The van der Waals surface area contributed by atoms with Gasteiger partial charge in [-0.2, -0.15) is 5.90 Å². The molecule has 1 aromatic carbocycles. The van der Waals surface area contributed by atoms with E-state index in [2.05, 4.69) is 4.84 Å². The van der Waals surface area contributed by atoms with Crippen molar-refractivity contribution in [1.82, 2.24) is 4.90 Å². The van der Waals surface area contributed by atoms with Crippen LogP contribution in [0, 0.1) is 0 Å². The van der Waals surface area contributed by atoms with Crippen LogP contribution in [0.1, 0.15) is 57.8 Å². The maximum atomic E-state index is 12.5. The summed E-state index contributed by atoms with van der Waals surface area (Å²) in [6, 6.07) is 3.66. The number of nitrogens with two attached hydrogens (primary N) is 1. The summed E-state index contributed by atoms with van der Waals surface area (Å²) < 4.78 is 0. The van der Waals surface area contributed by atoms with E-state index in [9.17, 15) is 14.4 Å². The summed E-state index contributed by atoms with van der Waals surface area (Å²) in [6.45, 7) is 5.00. The molecular formula is C15H20N2O5. The minimum Gasteiger partial charge on any atom is -0.478 e. The van der Waals surface area contributed by atoms with E-state index in [0.717, 1.165) is 18.9 Å². The average Bonchev–Trinajstić information content (AvgIpc) is 2.52. The van der Waals surface area contributed by atoms with Gasteiger partial charge in [0.2, 0.25) is 0 Å². The molecule has 0 aliphatic rings. The highest BCUT2D eigenvalue weighted by Crippen LogP contribution is 2.14. The molecule has 1 amide bonds. The Labute approximate surface area is 128 Å². The number of aromatic carboxylic acids is 1. The molecule has 22 heavy (non-hydrogen) atoms. The normalized spacial score (nSPS) is 10.1. The Kier molecular flexibility index (Phi) is 6.52. The Bertz CT molecular complexity index is 565. The van der Waals surface area contributed by atoms with Crippen molar-refractivity contribution in [3.05, 3.63) is 34.9 Å². The van der Waals surface area contributed by atoms with Gasteiger partial charge < -0.3 is 14.8 Å². The topological polar surface area (TPSA) is 110 Å². The zero-order valence-electron chi connectivity index (χ0n) is 12.7. The summed E-state index contributed by atoms with van der Waals surface area (Å²) in [7, 11) is 0. The lowest BCUT2D eigenvalue weighted by atomic mass is 10.0. The van der Waals surface area contributed by atoms with Gasteiger partial charge in [0, 0.05) is 18.7 Å². The number of carbonyl (C=O) groups excluding carboxylic acids is 2. The third-order valence-electron chi connectivity index (χ3n) is 3.04. The number of carboxylic acids is 1. The van der Waals surface area contributed by atoms with Crippen molar-refractivity contribution < 1.29 is 24.3 Å².